The molecular weight excluding hydrogens is 474 g/mol. The summed E-state index contributed by atoms with van der Waals surface area (Å²) < 4.78 is 7.34. The molecule has 7 heteroatoms. The quantitative estimate of drug-likeness (QED) is 0.334. The summed E-state index contributed by atoms with van der Waals surface area (Å²) in [5, 5.41) is 0.718. The summed E-state index contributed by atoms with van der Waals surface area (Å²) in [5.41, 5.74) is 3.52. The third-order valence-electron chi connectivity index (χ3n) is 6.07. The monoisotopic (exact) mass is 509 g/mol. The number of carbonyl (C=O) groups excluding carboxylic acids is 2. The van der Waals surface area contributed by atoms with Gasteiger partial charge in [-0.2, -0.15) is 0 Å². The molecule has 0 radical (unpaired) electrons. The van der Waals surface area contributed by atoms with Crippen LogP contribution in [0, 0.1) is 12.8 Å². The summed E-state index contributed by atoms with van der Waals surface area (Å²) in [6, 6.07) is 19.2. The maximum absolute atomic E-state index is 13.6. The minimum Gasteiger partial charge on any atom is -0.383 e. The first-order chi connectivity index (χ1) is 17.3. The van der Waals surface area contributed by atoms with Crippen LogP contribution in [0.3, 0.4) is 0 Å². The minimum atomic E-state index is -0.162. The first kappa shape index (κ1) is 27.5. The highest BCUT2D eigenvalue weighted by Gasteiger charge is 2.24. The van der Waals surface area contributed by atoms with Gasteiger partial charge in [0, 0.05) is 49.2 Å². The molecule has 0 saturated heterocycles. The number of methoxy groups -OCH3 is 1. The number of hydrogen-bond donors (Lipinski definition) is 0. The molecule has 3 rings (SSSR count). The van der Waals surface area contributed by atoms with Crippen LogP contribution in [0.25, 0.3) is 0 Å². The molecule has 0 N–H and O–H groups in total. The number of nitrogens with zero attached hydrogens (tertiary/aromatic N) is 3. The Morgan fingerprint density at radius 2 is 1.72 bits per heavy atom. The van der Waals surface area contributed by atoms with Gasteiger partial charge in [-0.05, 0) is 48.2 Å². The second-order valence-electron chi connectivity index (χ2n) is 9.42. The topological polar surface area (TPSA) is 54.8 Å². The van der Waals surface area contributed by atoms with E-state index < -0.39 is 0 Å². The molecular formula is C29H36ClN3O3. The highest BCUT2D eigenvalue weighted by molar-refractivity contribution is 6.31. The molecule has 192 valence electrons. The van der Waals surface area contributed by atoms with Crippen LogP contribution in [0.5, 0.6) is 0 Å². The van der Waals surface area contributed by atoms with Crippen LogP contribution in [0.15, 0.2) is 66.9 Å². The summed E-state index contributed by atoms with van der Waals surface area (Å²) in [6.07, 6.45) is 2.00. The van der Waals surface area contributed by atoms with Crippen LogP contribution < -0.4 is 0 Å². The lowest BCUT2D eigenvalue weighted by atomic mass is 10.1. The van der Waals surface area contributed by atoms with Gasteiger partial charge in [0.15, 0.2) is 0 Å². The zero-order valence-corrected chi connectivity index (χ0v) is 22.4. The summed E-state index contributed by atoms with van der Waals surface area (Å²) >= 11 is 6.38. The molecule has 1 aromatic heterocycles. The lowest BCUT2D eigenvalue weighted by Gasteiger charge is -2.29. The van der Waals surface area contributed by atoms with E-state index in [9.17, 15) is 9.59 Å². The summed E-state index contributed by atoms with van der Waals surface area (Å²) in [5.74, 6) is 0.0257. The molecule has 1 heterocycles. The lowest BCUT2D eigenvalue weighted by Crippen LogP contribution is -2.45. The molecule has 6 nitrogen and oxygen atoms in total. The van der Waals surface area contributed by atoms with E-state index in [0.717, 1.165) is 21.8 Å². The number of rotatable bonds is 12. The van der Waals surface area contributed by atoms with Gasteiger partial charge in [-0.3, -0.25) is 9.59 Å². The number of amides is 2. The first-order valence-corrected chi connectivity index (χ1v) is 12.7. The van der Waals surface area contributed by atoms with Gasteiger partial charge in [-0.15, -0.1) is 0 Å². The van der Waals surface area contributed by atoms with Gasteiger partial charge in [0.05, 0.1) is 13.2 Å². The van der Waals surface area contributed by atoms with E-state index in [1.165, 1.54) is 0 Å². The van der Waals surface area contributed by atoms with Crippen LogP contribution in [0.1, 0.15) is 41.0 Å². The molecule has 0 aliphatic carbocycles. The Bertz CT molecular complexity index is 1160. The van der Waals surface area contributed by atoms with Crippen molar-refractivity contribution in [2.24, 2.45) is 5.92 Å². The Balaban J connectivity index is 1.79. The van der Waals surface area contributed by atoms with E-state index in [1.807, 2.05) is 72.6 Å². The molecule has 2 amide bonds. The largest absolute Gasteiger partial charge is 0.383 e. The predicted octanol–water partition coefficient (Wildman–Crippen LogP) is 5.27. The van der Waals surface area contributed by atoms with E-state index in [-0.39, 0.29) is 24.3 Å². The number of benzene rings is 2. The van der Waals surface area contributed by atoms with Crippen LogP contribution in [0.4, 0.5) is 0 Å². The molecule has 0 spiro atoms. The molecule has 0 bridgehead atoms. The van der Waals surface area contributed by atoms with Crippen LogP contribution in [-0.4, -0.2) is 59.5 Å². The van der Waals surface area contributed by atoms with E-state index >= 15 is 0 Å². The van der Waals surface area contributed by atoms with Gasteiger partial charge in [-0.1, -0.05) is 61.8 Å². The summed E-state index contributed by atoms with van der Waals surface area (Å²) in [6.45, 7) is 8.43. The fraction of sp³-hybridized carbons (Fsp3) is 0.379. The van der Waals surface area contributed by atoms with Crippen LogP contribution in [-0.2, 0) is 22.6 Å². The minimum absolute atomic E-state index is 0.00549. The van der Waals surface area contributed by atoms with Crippen molar-refractivity contribution in [2.75, 3.05) is 33.4 Å². The maximum atomic E-state index is 13.6. The molecule has 0 saturated carbocycles. The number of halogens is 1. The van der Waals surface area contributed by atoms with Gasteiger partial charge in [0.2, 0.25) is 5.91 Å². The fourth-order valence-corrected chi connectivity index (χ4v) is 4.34. The number of ether oxygens (including phenoxy) is 1. The summed E-state index contributed by atoms with van der Waals surface area (Å²) in [4.78, 5) is 30.4. The Morgan fingerprint density at radius 3 is 2.42 bits per heavy atom. The second kappa shape index (κ2) is 13.3. The SMILES string of the molecule is COCCN(CC(=O)N(Cc1cccn1Cc1ccccc1Cl)CC(C)C)C(=O)c1ccccc1C. The molecule has 2 aromatic carbocycles. The average Bonchev–Trinajstić information content (AvgIpc) is 3.28. The number of carbonyl (C=O) groups is 2. The van der Waals surface area contributed by atoms with Crippen molar-refractivity contribution >= 4 is 23.4 Å². The average molecular weight is 510 g/mol. The molecule has 0 aliphatic rings. The van der Waals surface area contributed by atoms with Crippen molar-refractivity contribution in [3.63, 3.8) is 0 Å². The smallest absolute Gasteiger partial charge is 0.254 e. The number of aryl methyl sites for hydroxylation is 1. The van der Waals surface area contributed by atoms with E-state index in [4.69, 9.17) is 16.3 Å². The van der Waals surface area contributed by atoms with Crippen molar-refractivity contribution in [3.05, 3.63) is 94.3 Å². The highest BCUT2D eigenvalue weighted by Crippen LogP contribution is 2.19. The van der Waals surface area contributed by atoms with Crippen LogP contribution >= 0.6 is 11.6 Å². The zero-order chi connectivity index (χ0) is 26.1. The number of aromatic nitrogens is 1. The van der Waals surface area contributed by atoms with Crippen molar-refractivity contribution in [1.29, 1.82) is 0 Å². The van der Waals surface area contributed by atoms with Crippen molar-refractivity contribution in [2.45, 2.75) is 33.9 Å². The van der Waals surface area contributed by atoms with Crippen molar-refractivity contribution in [3.8, 4) is 0 Å². The van der Waals surface area contributed by atoms with Gasteiger partial charge in [0.1, 0.15) is 6.54 Å². The first-order valence-electron chi connectivity index (χ1n) is 12.3. The Labute approximate surface area is 219 Å². The fourth-order valence-electron chi connectivity index (χ4n) is 4.15. The van der Waals surface area contributed by atoms with E-state index in [2.05, 4.69) is 18.4 Å². The lowest BCUT2D eigenvalue weighted by molar-refractivity contribution is -0.133. The molecule has 0 fully saturated rings. The Morgan fingerprint density at radius 1 is 1.00 bits per heavy atom. The molecule has 0 aliphatic heterocycles. The molecule has 0 atom stereocenters. The number of hydrogen-bond acceptors (Lipinski definition) is 3. The Kier molecular flexibility index (Phi) is 10.1. The Hall–Kier alpha value is -3.09. The molecule has 3 aromatic rings. The van der Waals surface area contributed by atoms with Gasteiger partial charge >= 0.3 is 0 Å². The van der Waals surface area contributed by atoms with Crippen molar-refractivity contribution in [1.82, 2.24) is 14.4 Å². The zero-order valence-electron chi connectivity index (χ0n) is 21.6. The third kappa shape index (κ3) is 7.45. The van der Waals surface area contributed by atoms with Gasteiger partial charge < -0.3 is 19.1 Å². The van der Waals surface area contributed by atoms with Crippen molar-refractivity contribution < 1.29 is 14.3 Å². The summed E-state index contributed by atoms with van der Waals surface area (Å²) in [7, 11) is 1.59. The normalized spacial score (nSPS) is 11.1. The second-order valence-corrected chi connectivity index (χ2v) is 9.83. The standard InChI is InChI=1S/C29H36ClN3O3/c1-22(2)18-33(20-25-12-9-15-31(25)19-24-11-6-8-14-27(24)30)28(34)21-32(16-17-36-4)29(35)26-13-7-5-10-23(26)3/h5-15,22H,16-21H2,1-4H3. The third-order valence-corrected chi connectivity index (χ3v) is 6.44. The maximum Gasteiger partial charge on any atom is 0.254 e. The van der Waals surface area contributed by atoms with Gasteiger partial charge in [0.25, 0.3) is 5.91 Å². The van der Waals surface area contributed by atoms with E-state index in [0.29, 0.717) is 38.3 Å². The van der Waals surface area contributed by atoms with Gasteiger partial charge in [-0.25, -0.2) is 0 Å². The van der Waals surface area contributed by atoms with E-state index in [1.54, 1.807) is 18.1 Å². The highest BCUT2D eigenvalue weighted by atomic mass is 35.5. The molecule has 0 unspecified atom stereocenters. The predicted molar refractivity (Wildman–Crippen MR) is 144 cm³/mol. The molecule has 36 heavy (non-hydrogen) atoms. The van der Waals surface area contributed by atoms with Crippen LogP contribution in [0.2, 0.25) is 5.02 Å².